The number of benzene rings is 2. The summed E-state index contributed by atoms with van der Waals surface area (Å²) in [7, 11) is 0. The summed E-state index contributed by atoms with van der Waals surface area (Å²) in [5, 5.41) is 8.93. The molecule has 2 aliphatic heterocycles. The SMILES string of the molecule is N#Cc1ccc(C[NH+]2CCN(C(=O)c3ccccc3SC[C@H]3CCCO3)CC2)cc1. The summed E-state index contributed by atoms with van der Waals surface area (Å²) in [4.78, 5) is 17.7. The zero-order chi connectivity index (χ0) is 20.8. The highest BCUT2D eigenvalue weighted by molar-refractivity contribution is 7.99. The van der Waals surface area contributed by atoms with Crippen LogP contribution in [-0.4, -0.2) is 55.4 Å². The van der Waals surface area contributed by atoms with Crippen molar-refractivity contribution in [1.29, 1.82) is 5.26 Å². The van der Waals surface area contributed by atoms with E-state index >= 15 is 0 Å². The van der Waals surface area contributed by atoms with Gasteiger partial charge >= 0.3 is 0 Å². The maximum atomic E-state index is 13.2. The van der Waals surface area contributed by atoms with Gasteiger partial charge < -0.3 is 14.5 Å². The van der Waals surface area contributed by atoms with E-state index in [4.69, 9.17) is 10.00 Å². The highest BCUT2D eigenvalue weighted by atomic mass is 32.2. The van der Waals surface area contributed by atoms with Crippen LogP contribution in [0.5, 0.6) is 0 Å². The van der Waals surface area contributed by atoms with Crippen LogP contribution in [0.25, 0.3) is 0 Å². The van der Waals surface area contributed by atoms with Gasteiger partial charge in [0.1, 0.15) is 6.54 Å². The standard InChI is InChI=1S/C24H27N3O2S/c25-16-19-7-9-20(10-8-19)17-26-11-13-27(14-12-26)24(28)22-5-1-2-6-23(22)30-18-21-4-3-15-29-21/h1-2,5-10,21H,3-4,11-15,17-18H2/p+1/t21-/m1/s1. The molecule has 0 aromatic heterocycles. The largest absolute Gasteiger partial charge is 0.377 e. The third-order valence-corrected chi connectivity index (χ3v) is 7.07. The second-order valence-corrected chi connectivity index (χ2v) is 9.03. The number of hydrogen-bond acceptors (Lipinski definition) is 4. The smallest absolute Gasteiger partial charge is 0.255 e. The Morgan fingerprint density at radius 2 is 1.93 bits per heavy atom. The molecule has 0 saturated carbocycles. The fourth-order valence-corrected chi connectivity index (χ4v) is 5.20. The number of rotatable bonds is 6. The van der Waals surface area contributed by atoms with Gasteiger partial charge in [-0.05, 0) is 37.1 Å². The van der Waals surface area contributed by atoms with E-state index in [2.05, 4.69) is 12.1 Å². The van der Waals surface area contributed by atoms with Crippen LogP contribution in [0.1, 0.15) is 34.3 Å². The fraction of sp³-hybridized carbons (Fsp3) is 0.417. The van der Waals surface area contributed by atoms with E-state index in [1.54, 1.807) is 11.8 Å². The number of hydrogen-bond donors (Lipinski definition) is 1. The first-order chi connectivity index (χ1) is 14.7. The molecular formula is C24H28N3O2S+. The normalized spacial score (nSPS) is 19.6. The Morgan fingerprint density at radius 1 is 1.17 bits per heavy atom. The van der Waals surface area contributed by atoms with Gasteiger partial charge in [0.15, 0.2) is 0 Å². The predicted octanol–water partition coefficient (Wildman–Crippen LogP) is 2.37. The number of carbonyl (C=O) groups excluding carboxylic acids is 1. The van der Waals surface area contributed by atoms with E-state index in [9.17, 15) is 4.79 Å². The van der Waals surface area contributed by atoms with Crippen molar-refractivity contribution in [2.45, 2.75) is 30.4 Å². The number of quaternary nitrogens is 1. The molecule has 2 saturated heterocycles. The van der Waals surface area contributed by atoms with Gasteiger partial charge in [0.25, 0.3) is 5.91 Å². The van der Waals surface area contributed by atoms with Gasteiger partial charge in [0.05, 0.1) is 49.5 Å². The van der Waals surface area contributed by atoms with Gasteiger partial charge in [-0.15, -0.1) is 11.8 Å². The molecule has 0 aliphatic carbocycles. The molecule has 5 nitrogen and oxygen atoms in total. The van der Waals surface area contributed by atoms with E-state index in [1.165, 1.54) is 10.5 Å². The minimum absolute atomic E-state index is 0.142. The van der Waals surface area contributed by atoms with E-state index in [0.717, 1.165) is 68.4 Å². The van der Waals surface area contributed by atoms with Crippen molar-refractivity contribution in [3.63, 3.8) is 0 Å². The fourth-order valence-electron chi connectivity index (χ4n) is 4.09. The highest BCUT2D eigenvalue weighted by Gasteiger charge is 2.26. The summed E-state index contributed by atoms with van der Waals surface area (Å²) < 4.78 is 5.73. The first kappa shape index (κ1) is 20.9. The van der Waals surface area contributed by atoms with Crippen molar-refractivity contribution >= 4 is 17.7 Å². The molecule has 0 unspecified atom stereocenters. The first-order valence-electron chi connectivity index (χ1n) is 10.7. The number of carbonyl (C=O) groups is 1. The molecule has 2 aromatic carbocycles. The van der Waals surface area contributed by atoms with Crippen molar-refractivity contribution in [3.05, 3.63) is 65.2 Å². The Bertz CT molecular complexity index is 895. The molecule has 1 amide bonds. The average molecular weight is 423 g/mol. The summed E-state index contributed by atoms with van der Waals surface area (Å²) >= 11 is 1.74. The predicted molar refractivity (Wildman–Crippen MR) is 118 cm³/mol. The molecule has 6 heteroatoms. The van der Waals surface area contributed by atoms with Gasteiger partial charge in [-0.25, -0.2) is 0 Å². The number of thioether (sulfide) groups is 1. The van der Waals surface area contributed by atoms with Crippen LogP contribution >= 0.6 is 11.8 Å². The van der Waals surface area contributed by atoms with Crippen molar-refractivity contribution in [3.8, 4) is 6.07 Å². The maximum Gasteiger partial charge on any atom is 0.255 e. The number of amides is 1. The van der Waals surface area contributed by atoms with Crippen LogP contribution in [0.15, 0.2) is 53.4 Å². The third-order valence-electron chi connectivity index (χ3n) is 5.86. The highest BCUT2D eigenvalue weighted by Crippen LogP contribution is 2.27. The monoisotopic (exact) mass is 422 g/mol. The quantitative estimate of drug-likeness (QED) is 0.727. The van der Waals surface area contributed by atoms with Crippen LogP contribution < -0.4 is 4.90 Å². The van der Waals surface area contributed by atoms with Crippen LogP contribution in [-0.2, 0) is 11.3 Å². The lowest BCUT2D eigenvalue weighted by atomic mass is 10.1. The topological polar surface area (TPSA) is 57.8 Å². The molecule has 2 fully saturated rings. The lowest BCUT2D eigenvalue weighted by molar-refractivity contribution is -0.917. The summed E-state index contributed by atoms with van der Waals surface area (Å²) in [6.07, 6.45) is 2.57. The van der Waals surface area contributed by atoms with E-state index in [1.807, 2.05) is 47.4 Å². The molecule has 30 heavy (non-hydrogen) atoms. The molecule has 2 aliphatic rings. The van der Waals surface area contributed by atoms with Crippen molar-refractivity contribution in [2.24, 2.45) is 0 Å². The van der Waals surface area contributed by atoms with Crippen LogP contribution in [0.3, 0.4) is 0 Å². The number of nitriles is 1. The molecule has 1 N–H and O–H groups in total. The minimum atomic E-state index is 0.142. The van der Waals surface area contributed by atoms with Gasteiger partial charge in [-0.1, -0.05) is 24.3 Å². The second-order valence-electron chi connectivity index (χ2n) is 7.97. The Kier molecular flexibility index (Phi) is 7.06. The number of piperazine rings is 1. The molecule has 0 radical (unpaired) electrons. The number of nitrogens with zero attached hydrogens (tertiary/aromatic N) is 2. The van der Waals surface area contributed by atoms with Crippen LogP contribution in [0.4, 0.5) is 0 Å². The average Bonchev–Trinajstić information content (AvgIpc) is 3.32. The van der Waals surface area contributed by atoms with Crippen LogP contribution in [0.2, 0.25) is 0 Å². The summed E-state index contributed by atoms with van der Waals surface area (Å²) in [5.74, 6) is 1.05. The van der Waals surface area contributed by atoms with E-state index in [0.29, 0.717) is 11.7 Å². The third kappa shape index (κ3) is 5.23. The Morgan fingerprint density at radius 3 is 2.63 bits per heavy atom. The van der Waals surface area contributed by atoms with Gasteiger partial charge in [-0.3, -0.25) is 4.79 Å². The number of ether oxygens (including phenoxy) is 1. The van der Waals surface area contributed by atoms with Gasteiger partial charge in [0.2, 0.25) is 0 Å². The molecule has 0 bridgehead atoms. The number of nitrogens with one attached hydrogen (secondary N) is 1. The summed E-state index contributed by atoms with van der Waals surface area (Å²) in [6, 6.07) is 17.9. The van der Waals surface area contributed by atoms with Crippen molar-refractivity contribution < 1.29 is 14.4 Å². The maximum absolute atomic E-state index is 13.2. The van der Waals surface area contributed by atoms with E-state index in [-0.39, 0.29) is 5.91 Å². The summed E-state index contributed by atoms with van der Waals surface area (Å²) in [6.45, 7) is 5.22. The summed E-state index contributed by atoms with van der Waals surface area (Å²) in [5.41, 5.74) is 2.75. The zero-order valence-corrected chi connectivity index (χ0v) is 18.0. The van der Waals surface area contributed by atoms with Crippen LogP contribution in [0, 0.1) is 11.3 Å². The Balaban J connectivity index is 1.32. The first-order valence-corrected chi connectivity index (χ1v) is 11.7. The minimum Gasteiger partial charge on any atom is -0.377 e. The molecule has 4 rings (SSSR count). The molecule has 1 atom stereocenters. The zero-order valence-electron chi connectivity index (χ0n) is 17.2. The lowest BCUT2D eigenvalue weighted by Gasteiger charge is -2.32. The lowest BCUT2D eigenvalue weighted by Crippen LogP contribution is -3.13. The second kappa shape index (κ2) is 10.1. The molecule has 2 heterocycles. The van der Waals surface area contributed by atoms with Gasteiger partial charge in [-0.2, -0.15) is 5.26 Å². The van der Waals surface area contributed by atoms with Gasteiger partial charge in [0, 0.05) is 22.8 Å². The van der Waals surface area contributed by atoms with E-state index < -0.39 is 0 Å². The molecule has 0 spiro atoms. The molecule has 156 valence electrons. The Hall–Kier alpha value is -2.33. The van der Waals surface area contributed by atoms with Crippen molar-refractivity contribution in [2.75, 3.05) is 38.5 Å². The van der Waals surface area contributed by atoms with Crippen molar-refractivity contribution in [1.82, 2.24) is 4.90 Å². The molecular weight excluding hydrogens is 394 g/mol. The molecule has 2 aromatic rings. The Labute approximate surface area is 182 Å².